The number of hydrogen-bond donors (Lipinski definition) is 0. The molecule has 0 aliphatic carbocycles. The van der Waals surface area contributed by atoms with Gasteiger partial charge >= 0.3 is 0 Å². The maximum atomic E-state index is 13.4. The Morgan fingerprint density at radius 3 is 2.51 bits per heavy atom. The largest absolute Gasteiger partial charge is 0.496 e. The summed E-state index contributed by atoms with van der Waals surface area (Å²) in [5.41, 5.74) is 4.20. The van der Waals surface area contributed by atoms with E-state index in [4.69, 9.17) is 23.7 Å². The van der Waals surface area contributed by atoms with Gasteiger partial charge in [0, 0.05) is 23.1 Å². The molecule has 3 aromatic carbocycles. The van der Waals surface area contributed by atoms with Gasteiger partial charge in [0.2, 0.25) is 5.78 Å². The maximum absolute atomic E-state index is 13.4. The van der Waals surface area contributed by atoms with E-state index in [0.717, 1.165) is 45.4 Å². The van der Waals surface area contributed by atoms with Gasteiger partial charge in [0.15, 0.2) is 17.3 Å². The monoisotopic (exact) mass is 565 g/mol. The van der Waals surface area contributed by atoms with Gasteiger partial charge in [0.1, 0.15) is 24.0 Å². The zero-order valence-corrected chi connectivity index (χ0v) is 22.8. The lowest BCUT2D eigenvalue weighted by Crippen LogP contribution is -2.34. The fourth-order valence-electron chi connectivity index (χ4n) is 4.70. The van der Waals surface area contributed by atoms with E-state index in [-0.39, 0.29) is 11.5 Å². The fraction of sp³-hybridized carbons (Fsp3) is 0.276. The van der Waals surface area contributed by atoms with Crippen LogP contribution in [-0.2, 0) is 13.0 Å². The molecule has 0 saturated carbocycles. The molecule has 192 valence electrons. The summed E-state index contributed by atoms with van der Waals surface area (Å²) < 4.78 is 29.4. The Kier molecular flexibility index (Phi) is 7.13. The standard InChI is InChI=1S/C29H28BrNO6/c1-17-11-24-21(15-31(16-36-24)10-9-18-5-7-23(34-3)25(12-18)35-4)29-27(17)28(32)26(37-29)14-19-13-20(30)6-8-22(19)33-2/h5-8,11-14H,9-10,15-16H2,1-4H3/b26-14+. The summed E-state index contributed by atoms with van der Waals surface area (Å²) in [6.07, 6.45) is 2.54. The second-order valence-corrected chi connectivity index (χ2v) is 9.88. The molecule has 2 aliphatic rings. The molecule has 5 rings (SSSR count). The Labute approximate surface area is 224 Å². The van der Waals surface area contributed by atoms with Gasteiger partial charge in [-0.15, -0.1) is 0 Å². The van der Waals surface area contributed by atoms with Crippen LogP contribution in [0.5, 0.6) is 28.7 Å². The summed E-state index contributed by atoms with van der Waals surface area (Å²) in [7, 11) is 4.87. The van der Waals surface area contributed by atoms with Gasteiger partial charge in [-0.2, -0.15) is 0 Å². The minimum Gasteiger partial charge on any atom is -0.496 e. The van der Waals surface area contributed by atoms with Crippen molar-refractivity contribution in [2.45, 2.75) is 19.9 Å². The van der Waals surface area contributed by atoms with Gasteiger partial charge in [-0.25, -0.2) is 0 Å². The topological polar surface area (TPSA) is 66.5 Å². The lowest BCUT2D eigenvalue weighted by Gasteiger charge is -2.30. The molecule has 0 bridgehead atoms. The van der Waals surface area contributed by atoms with E-state index in [0.29, 0.717) is 41.8 Å². The molecule has 0 saturated heterocycles. The number of allylic oxidation sites excluding steroid dienone is 1. The molecule has 3 aromatic rings. The van der Waals surface area contributed by atoms with E-state index in [9.17, 15) is 4.79 Å². The molecule has 37 heavy (non-hydrogen) atoms. The zero-order chi connectivity index (χ0) is 26.1. The summed E-state index contributed by atoms with van der Waals surface area (Å²) in [4.78, 5) is 15.6. The predicted molar refractivity (Wildman–Crippen MR) is 144 cm³/mol. The van der Waals surface area contributed by atoms with Gasteiger partial charge in [-0.3, -0.25) is 9.69 Å². The minimum absolute atomic E-state index is 0.139. The van der Waals surface area contributed by atoms with Crippen molar-refractivity contribution in [3.8, 4) is 28.7 Å². The van der Waals surface area contributed by atoms with Crippen LogP contribution in [0.25, 0.3) is 6.08 Å². The van der Waals surface area contributed by atoms with Crippen molar-refractivity contribution in [1.82, 2.24) is 4.90 Å². The van der Waals surface area contributed by atoms with E-state index in [2.05, 4.69) is 20.8 Å². The molecule has 0 spiro atoms. The molecule has 0 radical (unpaired) electrons. The van der Waals surface area contributed by atoms with Gasteiger partial charge in [0.05, 0.1) is 32.5 Å². The molecule has 0 fully saturated rings. The summed E-state index contributed by atoms with van der Waals surface area (Å²) >= 11 is 3.49. The average molecular weight is 566 g/mol. The summed E-state index contributed by atoms with van der Waals surface area (Å²) in [6.45, 7) is 3.76. The van der Waals surface area contributed by atoms with Crippen molar-refractivity contribution < 1.29 is 28.5 Å². The molecule has 0 aromatic heterocycles. The molecule has 8 heteroatoms. The van der Waals surface area contributed by atoms with Gasteiger partial charge in [-0.1, -0.05) is 22.0 Å². The van der Waals surface area contributed by atoms with Crippen LogP contribution >= 0.6 is 15.9 Å². The number of aryl methyl sites for hydroxylation is 1. The number of fused-ring (bicyclic) bond motifs is 3. The number of ketones is 1. The molecule has 0 atom stereocenters. The van der Waals surface area contributed by atoms with E-state index in [1.54, 1.807) is 27.4 Å². The molecule has 2 aliphatic heterocycles. The molecule has 7 nitrogen and oxygen atoms in total. The maximum Gasteiger partial charge on any atom is 0.232 e. The summed E-state index contributed by atoms with van der Waals surface area (Å²) in [5.74, 6) is 3.54. The number of Topliss-reactive ketones (excluding diaryl/α,β-unsaturated/α-hetero) is 1. The lowest BCUT2D eigenvalue weighted by molar-refractivity contribution is 0.0949. The number of carbonyl (C=O) groups excluding carboxylic acids is 1. The molecule has 2 heterocycles. The van der Waals surface area contributed by atoms with Crippen LogP contribution in [-0.4, -0.2) is 45.3 Å². The highest BCUT2D eigenvalue weighted by Crippen LogP contribution is 2.44. The van der Waals surface area contributed by atoms with Gasteiger partial charge < -0.3 is 23.7 Å². The van der Waals surface area contributed by atoms with Crippen molar-refractivity contribution >= 4 is 27.8 Å². The first-order valence-corrected chi connectivity index (χ1v) is 12.7. The van der Waals surface area contributed by atoms with E-state index in [1.165, 1.54) is 0 Å². The summed E-state index contributed by atoms with van der Waals surface area (Å²) in [6, 6.07) is 13.5. The Bertz CT molecular complexity index is 1400. The number of nitrogens with zero attached hydrogens (tertiary/aromatic N) is 1. The van der Waals surface area contributed by atoms with Crippen LogP contribution < -0.4 is 23.7 Å². The first-order valence-electron chi connectivity index (χ1n) is 11.9. The minimum atomic E-state index is -0.139. The third kappa shape index (κ3) is 4.91. The number of halogens is 1. The number of rotatable bonds is 7. The normalized spacial score (nSPS) is 15.6. The van der Waals surface area contributed by atoms with E-state index >= 15 is 0 Å². The molecular weight excluding hydrogens is 538 g/mol. The van der Waals surface area contributed by atoms with Crippen LogP contribution in [0.1, 0.15) is 32.6 Å². The number of benzene rings is 3. The average Bonchev–Trinajstić information content (AvgIpc) is 3.24. The highest BCUT2D eigenvalue weighted by molar-refractivity contribution is 9.10. The van der Waals surface area contributed by atoms with Crippen molar-refractivity contribution in [3.05, 3.63) is 80.5 Å². The Hall–Kier alpha value is -3.49. The quantitative estimate of drug-likeness (QED) is 0.335. The number of methoxy groups -OCH3 is 3. The Balaban J connectivity index is 1.38. The Morgan fingerprint density at radius 2 is 1.76 bits per heavy atom. The summed E-state index contributed by atoms with van der Waals surface area (Å²) in [5, 5.41) is 0. The number of hydrogen-bond acceptors (Lipinski definition) is 7. The Morgan fingerprint density at radius 1 is 1.00 bits per heavy atom. The SMILES string of the molecule is COc1ccc(Br)cc1/C=C1/Oc2c3c(cc(C)c2C1=O)OCN(CCc1ccc(OC)c(OC)c1)C3. The highest BCUT2D eigenvalue weighted by Gasteiger charge is 2.35. The van der Waals surface area contributed by atoms with Gasteiger partial charge in [-0.05, 0) is 66.9 Å². The zero-order valence-electron chi connectivity index (χ0n) is 21.2. The highest BCUT2D eigenvalue weighted by atomic mass is 79.9. The first-order chi connectivity index (χ1) is 17.9. The smallest absolute Gasteiger partial charge is 0.232 e. The van der Waals surface area contributed by atoms with Crippen molar-refractivity contribution in [3.63, 3.8) is 0 Å². The van der Waals surface area contributed by atoms with Crippen LogP contribution in [0.15, 0.2) is 52.7 Å². The van der Waals surface area contributed by atoms with Crippen LogP contribution in [0, 0.1) is 6.92 Å². The van der Waals surface area contributed by atoms with Crippen molar-refractivity contribution in [1.29, 1.82) is 0 Å². The lowest BCUT2D eigenvalue weighted by atomic mass is 9.98. The van der Waals surface area contributed by atoms with Crippen LogP contribution in [0.3, 0.4) is 0 Å². The van der Waals surface area contributed by atoms with Crippen LogP contribution in [0.2, 0.25) is 0 Å². The first kappa shape index (κ1) is 25.2. The molecule has 0 amide bonds. The molecule has 0 N–H and O–H groups in total. The third-order valence-electron chi connectivity index (χ3n) is 6.63. The third-order valence-corrected chi connectivity index (χ3v) is 7.12. The number of ether oxygens (including phenoxy) is 5. The molecule has 0 unspecified atom stereocenters. The number of carbonyl (C=O) groups is 1. The van der Waals surface area contributed by atoms with Crippen LogP contribution in [0.4, 0.5) is 0 Å². The van der Waals surface area contributed by atoms with Crippen molar-refractivity contribution in [2.24, 2.45) is 0 Å². The molecular formula is C29H28BrNO6. The van der Waals surface area contributed by atoms with E-state index < -0.39 is 0 Å². The van der Waals surface area contributed by atoms with Gasteiger partial charge in [0.25, 0.3) is 0 Å². The van der Waals surface area contributed by atoms with Crippen molar-refractivity contribution in [2.75, 3.05) is 34.6 Å². The van der Waals surface area contributed by atoms with E-state index in [1.807, 2.05) is 49.4 Å². The second-order valence-electron chi connectivity index (χ2n) is 8.97. The second kappa shape index (κ2) is 10.5. The fourth-order valence-corrected chi connectivity index (χ4v) is 5.08. The predicted octanol–water partition coefficient (Wildman–Crippen LogP) is 5.79.